The van der Waals surface area contributed by atoms with Crippen molar-refractivity contribution in [2.45, 2.75) is 452 Å². The minimum atomic E-state index is -4.96. The highest BCUT2D eigenvalue weighted by Gasteiger charge is 2.30. The van der Waals surface area contributed by atoms with Gasteiger partial charge in [0.2, 0.25) is 0 Å². The van der Waals surface area contributed by atoms with Crippen LogP contribution in [0.4, 0.5) is 0 Å². The van der Waals surface area contributed by atoms with Crippen molar-refractivity contribution in [1.29, 1.82) is 0 Å². The molecule has 2 unspecified atom stereocenters. The Morgan fingerprint density at radius 2 is 0.455 bits per heavy atom. The van der Waals surface area contributed by atoms with Gasteiger partial charge in [0.25, 0.3) is 0 Å². The van der Waals surface area contributed by atoms with E-state index in [4.69, 9.17) is 37.0 Å². The molecule has 17 nitrogen and oxygen atoms in total. The summed E-state index contributed by atoms with van der Waals surface area (Å²) in [6.07, 6.45) is 64.0. The van der Waals surface area contributed by atoms with Crippen LogP contribution < -0.4 is 0 Å². The molecular formula is C82H160O17P2. The van der Waals surface area contributed by atoms with E-state index in [0.717, 1.165) is 115 Å². The van der Waals surface area contributed by atoms with Gasteiger partial charge in [-0.2, -0.15) is 0 Å². The van der Waals surface area contributed by atoms with Crippen molar-refractivity contribution in [3.05, 3.63) is 0 Å². The highest BCUT2D eigenvalue weighted by Crippen LogP contribution is 2.45. The van der Waals surface area contributed by atoms with Gasteiger partial charge in [-0.05, 0) is 37.5 Å². The van der Waals surface area contributed by atoms with Gasteiger partial charge in [0.15, 0.2) is 12.2 Å². The fourth-order valence-corrected chi connectivity index (χ4v) is 14.3. The number of ether oxygens (including phenoxy) is 4. The fourth-order valence-electron chi connectivity index (χ4n) is 12.7. The first kappa shape index (κ1) is 99.1. The summed E-state index contributed by atoms with van der Waals surface area (Å²) >= 11 is 0. The average molecular weight is 1480 g/mol. The molecule has 3 N–H and O–H groups in total. The van der Waals surface area contributed by atoms with Crippen LogP contribution in [0.3, 0.4) is 0 Å². The normalized spacial score (nSPS) is 13.9. The van der Waals surface area contributed by atoms with Crippen molar-refractivity contribution in [1.82, 2.24) is 0 Å². The monoisotopic (exact) mass is 1480 g/mol. The Kier molecular flexibility index (Phi) is 72.2. The Labute approximate surface area is 619 Å². The summed E-state index contributed by atoms with van der Waals surface area (Å²) in [7, 11) is -9.92. The lowest BCUT2D eigenvalue weighted by Gasteiger charge is -2.21. The second-order valence-electron chi connectivity index (χ2n) is 30.5. The second kappa shape index (κ2) is 73.6. The summed E-state index contributed by atoms with van der Waals surface area (Å²) < 4.78 is 68.6. The highest BCUT2D eigenvalue weighted by atomic mass is 31.2. The largest absolute Gasteiger partial charge is 0.472 e. The molecule has 0 aromatic heterocycles. The first-order valence-corrected chi connectivity index (χ1v) is 45.5. The summed E-state index contributed by atoms with van der Waals surface area (Å²) in [6, 6.07) is 0. The van der Waals surface area contributed by atoms with Crippen LogP contribution in [0.5, 0.6) is 0 Å². The number of hydrogen-bond donors (Lipinski definition) is 3. The molecule has 19 heteroatoms. The van der Waals surface area contributed by atoms with E-state index >= 15 is 0 Å². The Hall–Kier alpha value is -1.94. The van der Waals surface area contributed by atoms with Gasteiger partial charge < -0.3 is 33.8 Å². The van der Waals surface area contributed by atoms with Gasteiger partial charge in [-0.25, -0.2) is 9.13 Å². The van der Waals surface area contributed by atoms with E-state index in [1.54, 1.807) is 0 Å². The summed E-state index contributed by atoms with van der Waals surface area (Å²) in [4.78, 5) is 72.9. The number of unbranched alkanes of at least 4 members (excludes halogenated alkanes) is 51. The molecule has 0 amide bonds. The van der Waals surface area contributed by atoms with Crippen LogP contribution in [0.15, 0.2) is 0 Å². The fraction of sp³-hybridized carbons (Fsp3) is 0.951. The molecule has 0 aromatic carbocycles. The standard InChI is InChI=1S/C82H160O17P2/c1-7-9-11-13-15-16-17-18-19-20-21-22-23-24-32-37-42-48-54-60-67-82(87)99-78(71-93-80(85)65-59-53-47-41-36-31-27-25-29-34-39-45-50-56-62-74(3)4)73-97-101(90,91)95-69-76(83)68-94-100(88,89)96-72-77(70-92-79(84)64-58-52-44-14-12-10-8-2)98-81(86)66-61-55-49-43-38-33-28-26-30-35-40-46-51-57-63-75(5)6/h74-78,83H,7-73H2,1-6H3,(H,88,89)(H,90,91)/t76-,77+,78+/m0/s1. The molecule has 600 valence electrons. The highest BCUT2D eigenvalue weighted by molar-refractivity contribution is 7.47. The topological polar surface area (TPSA) is 237 Å². The van der Waals surface area contributed by atoms with Crippen LogP contribution in [-0.4, -0.2) is 96.7 Å². The van der Waals surface area contributed by atoms with Crippen LogP contribution in [0, 0.1) is 11.8 Å². The van der Waals surface area contributed by atoms with Gasteiger partial charge in [-0.15, -0.1) is 0 Å². The molecule has 0 aliphatic carbocycles. The average Bonchev–Trinajstić information content (AvgIpc) is 1.00. The van der Waals surface area contributed by atoms with E-state index in [0.29, 0.717) is 25.7 Å². The molecule has 5 atom stereocenters. The first-order chi connectivity index (χ1) is 48.9. The van der Waals surface area contributed by atoms with Crippen molar-refractivity contribution in [2.24, 2.45) is 11.8 Å². The van der Waals surface area contributed by atoms with Crippen LogP contribution in [0.2, 0.25) is 0 Å². The van der Waals surface area contributed by atoms with Crippen molar-refractivity contribution in [2.75, 3.05) is 39.6 Å². The van der Waals surface area contributed by atoms with E-state index < -0.39 is 97.5 Å². The zero-order valence-electron chi connectivity index (χ0n) is 66.2. The van der Waals surface area contributed by atoms with E-state index in [2.05, 4.69) is 41.5 Å². The molecule has 0 aromatic rings. The number of carbonyl (C=O) groups excluding carboxylic acids is 4. The maximum absolute atomic E-state index is 13.1. The molecular weight excluding hydrogens is 1320 g/mol. The van der Waals surface area contributed by atoms with E-state index in [-0.39, 0.29) is 25.7 Å². The third-order valence-electron chi connectivity index (χ3n) is 19.2. The lowest BCUT2D eigenvalue weighted by molar-refractivity contribution is -0.161. The van der Waals surface area contributed by atoms with Gasteiger partial charge >= 0.3 is 39.5 Å². The Morgan fingerprint density at radius 3 is 0.673 bits per heavy atom. The van der Waals surface area contributed by atoms with E-state index in [9.17, 15) is 43.2 Å². The van der Waals surface area contributed by atoms with Gasteiger partial charge in [0.05, 0.1) is 26.4 Å². The van der Waals surface area contributed by atoms with Gasteiger partial charge in [0.1, 0.15) is 19.3 Å². The third-order valence-corrected chi connectivity index (χ3v) is 21.1. The van der Waals surface area contributed by atoms with Crippen molar-refractivity contribution in [3.8, 4) is 0 Å². The molecule has 0 heterocycles. The molecule has 0 aliphatic heterocycles. The SMILES string of the molecule is CCCCCCCCCCCCCCCCCCCCCCC(=O)O[C@H](COC(=O)CCCCCCCCCCCCCCCCC(C)C)COP(=O)(O)OC[C@@H](O)COP(=O)(O)OC[C@@H](COC(=O)CCCCCCCCC)OC(=O)CCCCCCCCCCCCCCCCC(C)C. The number of carbonyl (C=O) groups is 4. The molecule has 0 fully saturated rings. The lowest BCUT2D eigenvalue weighted by atomic mass is 10.0. The van der Waals surface area contributed by atoms with E-state index in [1.165, 1.54) is 238 Å². The smallest absolute Gasteiger partial charge is 0.462 e. The van der Waals surface area contributed by atoms with Crippen LogP contribution in [0.25, 0.3) is 0 Å². The van der Waals surface area contributed by atoms with Crippen LogP contribution in [0.1, 0.15) is 433 Å². The summed E-state index contributed by atoms with van der Waals surface area (Å²) in [5, 5.41) is 10.6. The predicted molar refractivity (Wildman–Crippen MR) is 414 cm³/mol. The Balaban J connectivity index is 5.17. The molecule has 0 aliphatic rings. The predicted octanol–water partition coefficient (Wildman–Crippen LogP) is 24.7. The quantitative estimate of drug-likeness (QED) is 0.0222. The number of aliphatic hydroxyl groups excluding tert-OH is 1. The zero-order valence-corrected chi connectivity index (χ0v) is 68.0. The molecule has 0 spiro atoms. The number of phosphoric ester groups is 2. The van der Waals surface area contributed by atoms with Crippen LogP contribution in [-0.2, 0) is 65.4 Å². The van der Waals surface area contributed by atoms with Crippen LogP contribution >= 0.6 is 15.6 Å². The lowest BCUT2D eigenvalue weighted by Crippen LogP contribution is -2.30. The van der Waals surface area contributed by atoms with E-state index in [1.807, 2.05) is 0 Å². The number of aliphatic hydroxyl groups is 1. The molecule has 0 bridgehead atoms. The van der Waals surface area contributed by atoms with Gasteiger partial charge in [-0.1, -0.05) is 382 Å². The summed E-state index contributed by atoms with van der Waals surface area (Å²) in [5.74, 6) is -0.517. The molecule has 0 saturated heterocycles. The summed E-state index contributed by atoms with van der Waals surface area (Å²) in [6.45, 7) is 9.65. The van der Waals surface area contributed by atoms with Crippen molar-refractivity contribution in [3.63, 3.8) is 0 Å². The minimum Gasteiger partial charge on any atom is -0.462 e. The van der Waals surface area contributed by atoms with Gasteiger partial charge in [0, 0.05) is 25.7 Å². The Morgan fingerprint density at radius 1 is 0.267 bits per heavy atom. The Bertz CT molecular complexity index is 1940. The van der Waals surface area contributed by atoms with Crippen molar-refractivity contribution >= 4 is 39.5 Å². The summed E-state index contributed by atoms with van der Waals surface area (Å²) in [5.41, 5.74) is 0. The molecule has 0 saturated carbocycles. The number of hydrogen-bond acceptors (Lipinski definition) is 15. The first-order valence-electron chi connectivity index (χ1n) is 42.5. The minimum absolute atomic E-state index is 0.107. The van der Waals surface area contributed by atoms with Crippen molar-refractivity contribution < 1.29 is 80.2 Å². The third kappa shape index (κ3) is 76.1. The number of phosphoric acid groups is 2. The molecule has 0 radical (unpaired) electrons. The zero-order chi connectivity index (χ0) is 74.2. The molecule has 0 rings (SSSR count). The number of esters is 4. The van der Waals surface area contributed by atoms with Gasteiger partial charge in [-0.3, -0.25) is 37.3 Å². The maximum Gasteiger partial charge on any atom is 0.472 e. The molecule has 101 heavy (non-hydrogen) atoms. The second-order valence-corrected chi connectivity index (χ2v) is 33.4. The maximum atomic E-state index is 13.1. The number of rotatable bonds is 81.